The third-order valence-corrected chi connectivity index (χ3v) is 2.96. The van der Waals surface area contributed by atoms with Crippen molar-refractivity contribution in [2.75, 3.05) is 20.3 Å². The van der Waals surface area contributed by atoms with Gasteiger partial charge in [-0.3, -0.25) is 0 Å². The summed E-state index contributed by atoms with van der Waals surface area (Å²) < 4.78 is 10.8. The van der Waals surface area contributed by atoms with Gasteiger partial charge < -0.3 is 14.8 Å². The van der Waals surface area contributed by atoms with Crippen LogP contribution in [-0.2, 0) is 17.9 Å². The van der Waals surface area contributed by atoms with E-state index in [-0.39, 0.29) is 12.4 Å². The van der Waals surface area contributed by atoms with E-state index in [1.54, 1.807) is 7.11 Å². The van der Waals surface area contributed by atoms with E-state index in [0.29, 0.717) is 6.61 Å². The van der Waals surface area contributed by atoms with Crippen molar-refractivity contribution in [3.63, 3.8) is 0 Å². The van der Waals surface area contributed by atoms with Crippen LogP contribution in [0.5, 0.6) is 5.75 Å². The van der Waals surface area contributed by atoms with E-state index in [0.717, 1.165) is 25.4 Å². The highest BCUT2D eigenvalue weighted by Crippen LogP contribution is 2.15. The Morgan fingerprint density at radius 3 is 2.48 bits per heavy atom. The number of rotatable bonds is 8. The number of halogens is 1. The second-order valence-corrected chi connectivity index (χ2v) is 4.59. The van der Waals surface area contributed by atoms with E-state index in [1.807, 2.05) is 30.3 Å². The van der Waals surface area contributed by atoms with Gasteiger partial charge in [-0.2, -0.15) is 0 Å². The van der Waals surface area contributed by atoms with Crippen molar-refractivity contribution in [2.24, 2.45) is 0 Å². The standard InChI is InChI=1S/C17H21NO2.ClH/c1-19-11-10-18-13-16-8-5-9-17(12-16)20-14-15-6-3-2-4-7-15;/h2-9,12,18H,10-11,13-14H2,1H3;1H. The topological polar surface area (TPSA) is 30.5 Å². The van der Waals surface area contributed by atoms with Gasteiger partial charge >= 0.3 is 0 Å². The van der Waals surface area contributed by atoms with E-state index in [1.165, 1.54) is 11.1 Å². The summed E-state index contributed by atoms with van der Waals surface area (Å²) in [6.07, 6.45) is 0. The minimum absolute atomic E-state index is 0. The molecule has 0 radical (unpaired) electrons. The molecule has 2 rings (SSSR count). The lowest BCUT2D eigenvalue weighted by molar-refractivity contribution is 0.199. The molecule has 0 aromatic heterocycles. The van der Waals surface area contributed by atoms with E-state index in [2.05, 4.69) is 29.6 Å². The molecule has 0 fully saturated rings. The first-order valence-electron chi connectivity index (χ1n) is 6.84. The van der Waals surface area contributed by atoms with Gasteiger partial charge in [-0.25, -0.2) is 0 Å². The Balaban J connectivity index is 0.00000220. The van der Waals surface area contributed by atoms with Crippen LogP contribution in [-0.4, -0.2) is 20.3 Å². The fourth-order valence-corrected chi connectivity index (χ4v) is 1.89. The molecular weight excluding hydrogens is 286 g/mol. The zero-order valence-corrected chi connectivity index (χ0v) is 13.1. The predicted octanol–water partition coefficient (Wildman–Crippen LogP) is 3.42. The zero-order chi connectivity index (χ0) is 14.0. The fourth-order valence-electron chi connectivity index (χ4n) is 1.89. The summed E-state index contributed by atoms with van der Waals surface area (Å²) >= 11 is 0. The van der Waals surface area contributed by atoms with Crippen LogP contribution in [0.2, 0.25) is 0 Å². The summed E-state index contributed by atoms with van der Waals surface area (Å²) in [7, 11) is 1.71. The number of ether oxygens (including phenoxy) is 2. The molecule has 3 nitrogen and oxygen atoms in total. The van der Waals surface area contributed by atoms with Gasteiger partial charge in [0, 0.05) is 20.2 Å². The first kappa shape index (κ1) is 17.5. The third-order valence-electron chi connectivity index (χ3n) is 2.96. The average Bonchev–Trinajstić information content (AvgIpc) is 2.51. The molecule has 0 aliphatic heterocycles. The van der Waals surface area contributed by atoms with Gasteiger partial charge in [0.2, 0.25) is 0 Å². The van der Waals surface area contributed by atoms with Crippen LogP contribution in [0.25, 0.3) is 0 Å². The van der Waals surface area contributed by atoms with Gasteiger partial charge in [0.1, 0.15) is 12.4 Å². The molecule has 0 heterocycles. The Morgan fingerprint density at radius 1 is 0.952 bits per heavy atom. The lowest BCUT2D eigenvalue weighted by Gasteiger charge is -2.09. The molecule has 0 aliphatic rings. The molecule has 21 heavy (non-hydrogen) atoms. The van der Waals surface area contributed by atoms with Crippen molar-refractivity contribution in [1.29, 1.82) is 0 Å². The van der Waals surface area contributed by atoms with Gasteiger partial charge in [0.25, 0.3) is 0 Å². The van der Waals surface area contributed by atoms with Crippen molar-refractivity contribution in [3.8, 4) is 5.75 Å². The maximum atomic E-state index is 5.81. The van der Waals surface area contributed by atoms with E-state index < -0.39 is 0 Å². The van der Waals surface area contributed by atoms with Crippen LogP contribution in [0.3, 0.4) is 0 Å². The number of hydrogen-bond donors (Lipinski definition) is 1. The monoisotopic (exact) mass is 307 g/mol. The number of hydrogen-bond acceptors (Lipinski definition) is 3. The fraction of sp³-hybridized carbons (Fsp3) is 0.294. The number of methoxy groups -OCH3 is 1. The van der Waals surface area contributed by atoms with Crippen molar-refractivity contribution in [1.82, 2.24) is 5.32 Å². The summed E-state index contributed by atoms with van der Waals surface area (Å²) in [6, 6.07) is 18.4. The molecule has 0 saturated carbocycles. The van der Waals surface area contributed by atoms with Crippen molar-refractivity contribution < 1.29 is 9.47 Å². The van der Waals surface area contributed by atoms with Gasteiger partial charge in [-0.15, -0.1) is 12.4 Å². The molecule has 0 spiro atoms. The molecule has 0 amide bonds. The molecule has 4 heteroatoms. The highest BCUT2D eigenvalue weighted by atomic mass is 35.5. The van der Waals surface area contributed by atoms with E-state index in [9.17, 15) is 0 Å². The van der Waals surface area contributed by atoms with E-state index in [4.69, 9.17) is 9.47 Å². The molecule has 0 unspecified atom stereocenters. The Morgan fingerprint density at radius 2 is 1.71 bits per heavy atom. The van der Waals surface area contributed by atoms with Crippen molar-refractivity contribution in [2.45, 2.75) is 13.2 Å². The second kappa shape index (κ2) is 10.2. The largest absolute Gasteiger partial charge is 0.489 e. The van der Waals surface area contributed by atoms with Crippen LogP contribution >= 0.6 is 12.4 Å². The molecule has 1 N–H and O–H groups in total. The highest BCUT2D eigenvalue weighted by molar-refractivity contribution is 5.85. The SMILES string of the molecule is COCCNCc1cccc(OCc2ccccc2)c1.Cl. The summed E-state index contributed by atoms with van der Waals surface area (Å²) in [5, 5.41) is 3.32. The van der Waals surface area contributed by atoms with Crippen LogP contribution in [0.15, 0.2) is 54.6 Å². The average molecular weight is 308 g/mol. The minimum atomic E-state index is 0. The molecule has 114 valence electrons. The van der Waals surface area contributed by atoms with Gasteiger partial charge in [0.05, 0.1) is 6.61 Å². The first-order valence-corrected chi connectivity index (χ1v) is 6.84. The molecule has 2 aromatic rings. The smallest absolute Gasteiger partial charge is 0.120 e. The number of nitrogens with one attached hydrogen (secondary N) is 1. The normalized spacial score (nSPS) is 9.95. The zero-order valence-electron chi connectivity index (χ0n) is 12.2. The minimum Gasteiger partial charge on any atom is -0.489 e. The second-order valence-electron chi connectivity index (χ2n) is 4.59. The van der Waals surface area contributed by atoms with Crippen LogP contribution < -0.4 is 10.1 Å². The Hall–Kier alpha value is -1.55. The Labute approximate surface area is 132 Å². The molecule has 0 saturated heterocycles. The van der Waals surface area contributed by atoms with Gasteiger partial charge in [0.15, 0.2) is 0 Å². The van der Waals surface area contributed by atoms with E-state index >= 15 is 0 Å². The quantitative estimate of drug-likeness (QED) is 0.758. The highest BCUT2D eigenvalue weighted by Gasteiger charge is 1.98. The summed E-state index contributed by atoms with van der Waals surface area (Å²) in [4.78, 5) is 0. The van der Waals surface area contributed by atoms with Crippen LogP contribution in [0.1, 0.15) is 11.1 Å². The van der Waals surface area contributed by atoms with Crippen molar-refractivity contribution >= 4 is 12.4 Å². The Bertz CT molecular complexity index is 505. The summed E-state index contributed by atoms with van der Waals surface area (Å²) in [5.41, 5.74) is 2.39. The molecule has 0 atom stereocenters. The predicted molar refractivity (Wildman–Crippen MR) is 88.0 cm³/mol. The lowest BCUT2D eigenvalue weighted by Crippen LogP contribution is -2.18. The maximum absolute atomic E-state index is 5.81. The summed E-state index contributed by atoms with van der Waals surface area (Å²) in [6.45, 7) is 3.00. The van der Waals surface area contributed by atoms with Crippen LogP contribution in [0, 0.1) is 0 Å². The molecular formula is C17H22ClNO2. The molecule has 0 aliphatic carbocycles. The first-order chi connectivity index (χ1) is 9.88. The molecule has 0 bridgehead atoms. The number of benzene rings is 2. The summed E-state index contributed by atoms with van der Waals surface area (Å²) in [5.74, 6) is 0.903. The maximum Gasteiger partial charge on any atom is 0.120 e. The van der Waals surface area contributed by atoms with Gasteiger partial charge in [-0.05, 0) is 23.3 Å². The van der Waals surface area contributed by atoms with Crippen molar-refractivity contribution in [3.05, 3.63) is 65.7 Å². The molecule has 2 aromatic carbocycles. The third kappa shape index (κ3) is 6.63. The lowest BCUT2D eigenvalue weighted by atomic mass is 10.2. The Kier molecular flexibility index (Phi) is 8.51. The van der Waals surface area contributed by atoms with Gasteiger partial charge in [-0.1, -0.05) is 42.5 Å². The van der Waals surface area contributed by atoms with Crippen LogP contribution in [0.4, 0.5) is 0 Å².